The lowest BCUT2D eigenvalue weighted by molar-refractivity contribution is -0.111. The number of halogens is 2. The summed E-state index contributed by atoms with van der Waals surface area (Å²) in [6.07, 6.45) is -0.253. The van der Waals surface area contributed by atoms with E-state index in [9.17, 15) is 9.36 Å². The standard InChI is InChI=1S/C3H5Cl2O3P/c4-2(6)1-3(5)9(7)8/h3,9H,1H2,(H,7,8). The van der Waals surface area contributed by atoms with Crippen molar-refractivity contribution in [3.63, 3.8) is 0 Å². The molecule has 0 amide bonds. The first-order valence-electron chi connectivity index (χ1n) is 2.09. The highest BCUT2D eigenvalue weighted by Crippen LogP contribution is 2.28. The van der Waals surface area contributed by atoms with Crippen molar-refractivity contribution in [2.75, 3.05) is 0 Å². The third kappa shape index (κ3) is 4.91. The minimum absolute atomic E-state index is 0.253. The Morgan fingerprint density at radius 3 is 2.33 bits per heavy atom. The first kappa shape index (κ1) is 9.44. The van der Waals surface area contributed by atoms with E-state index in [0.717, 1.165) is 0 Å². The molecule has 9 heavy (non-hydrogen) atoms. The molecule has 0 saturated heterocycles. The molecule has 0 aromatic rings. The molecule has 1 N–H and O–H groups in total. The largest absolute Gasteiger partial charge is 0.345 e. The molecule has 54 valence electrons. The van der Waals surface area contributed by atoms with E-state index in [1.54, 1.807) is 0 Å². The van der Waals surface area contributed by atoms with Gasteiger partial charge in [-0.3, -0.25) is 9.36 Å². The summed E-state index contributed by atoms with van der Waals surface area (Å²) in [6.45, 7) is 0. The van der Waals surface area contributed by atoms with Crippen LogP contribution in [0.4, 0.5) is 0 Å². The number of carbonyl (C=O) groups excluding carboxylic acids is 1. The van der Waals surface area contributed by atoms with Gasteiger partial charge in [0.2, 0.25) is 13.3 Å². The summed E-state index contributed by atoms with van der Waals surface area (Å²) >= 11 is 10.0. The van der Waals surface area contributed by atoms with Crippen molar-refractivity contribution in [2.24, 2.45) is 0 Å². The molecule has 0 radical (unpaired) electrons. The molecule has 0 rings (SSSR count). The van der Waals surface area contributed by atoms with Gasteiger partial charge in [-0.2, -0.15) is 0 Å². The SMILES string of the molecule is O=C(Cl)CC(Cl)[PH](=O)O. The van der Waals surface area contributed by atoms with Gasteiger partial charge in [-0.1, -0.05) is 0 Å². The Morgan fingerprint density at radius 1 is 1.78 bits per heavy atom. The summed E-state index contributed by atoms with van der Waals surface area (Å²) in [5, 5.41) is -1.71. The van der Waals surface area contributed by atoms with Crippen LogP contribution in [0.5, 0.6) is 0 Å². The van der Waals surface area contributed by atoms with E-state index in [0.29, 0.717) is 0 Å². The first-order valence-corrected chi connectivity index (χ1v) is 4.34. The van der Waals surface area contributed by atoms with Crippen molar-refractivity contribution in [2.45, 2.75) is 11.5 Å². The molecule has 0 heterocycles. The number of hydrogen-bond donors (Lipinski definition) is 1. The van der Waals surface area contributed by atoms with Gasteiger partial charge in [-0.05, 0) is 11.6 Å². The quantitative estimate of drug-likeness (QED) is 0.413. The molecule has 6 heteroatoms. The van der Waals surface area contributed by atoms with Crippen LogP contribution in [0.15, 0.2) is 0 Å². The van der Waals surface area contributed by atoms with Crippen LogP contribution in [0.3, 0.4) is 0 Å². The fourth-order valence-corrected chi connectivity index (χ4v) is 1.09. The van der Waals surface area contributed by atoms with E-state index in [1.807, 2.05) is 0 Å². The van der Waals surface area contributed by atoms with Gasteiger partial charge in [0.25, 0.3) is 0 Å². The Hall–Kier alpha value is 0.440. The third-order valence-corrected chi connectivity index (χ3v) is 2.22. The number of hydrogen-bond acceptors (Lipinski definition) is 2. The molecule has 0 aliphatic rings. The van der Waals surface area contributed by atoms with E-state index in [4.69, 9.17) is 28.1 Å². The molecule has 0 aromatic heterocycles. The average Bonchev–Trinajstić information content (AvgIpc) is 1.63. The van der Waals surface area contributed by atoms with Crippen LogP contribution >= 0.6 is 31.2 Å². The molecule has 3 nitrogen and oxygen atoms in total. The maximum atomic E-state index is 10.1. The fraction of sp³-hybridized carbons (Fsp3) is 0.667. The summed E-state index contributed by atoms with van der Waals surface area (Å²) in [5.41, 5.74) is 0. The van der Waals surface area contributed by atoms with Gasteiger partial charge in [-0.25, -0.2) is 0 Å². The van der Waals surface area contributed by atoms with Crippen molar-refractivity contribution < 1.29 is 14.3 Å². The summed E-state index contributed by atoms with van der Waals surface area (Å²) in [4.78, 5) is 18.3. The van der Waals surface area contributed by atoms with Crippen LogP contribution in [0.25, 0.3) is 0 Å². The summed E-state index contributed by atoms with van der Waals surface area (Å²) in [5.74, 6) is 0. The van der Waals surface area contributed by atoms with Crippen LogP contribution in [-0.2, 0) is 9.36 Å². The van der Waals surface area contributed by atoms with Gasteiger partial charge in [0, 0.05) is 6.42 Å². The molecule has 2 unspecified atom stereocenters. The highest BCUT2D eigenvalue weighted by Gasteiger charge is 2.13. The van der Waals surface area contributed by atoms with Crippen molar-refractivity contribution in [1.29, 1.82) is 0 Å². The van der Waals surface area contributed by atoms with Crippen LogP contribution in [0.1, 0.15) is 6.42 Å². The molecule has 0 saturated carbocycles. The second-order valence-electron chi connectivity index (χ2n) is 1.37. The minimum atomic E-state index is -2.80. The van der Waals surface area contributed by atoms with E-state index in [2.05, 4.69) is 0 Å². The predicted octanol–water partition coefficient (Wildman–Crippen LogP) is 1.17. The molecule has 0 aromatic carbocycles. The summed E-state index contributed by atoms with van der Waals surface area (Å²) in [6, 6.07) is 0. The summed E-state index contributed by atoms with van der Waals surface area (Å²) in [7, 11) is -2.80. The first-order chi connectivity index (χ1) is 4.04. The van der Waals surface area contributed by atoms with Gasteiger partial charge < -0.3 is 4.89 Å². The lowest BCUT2D eigenvalue weighted by atomic mass is 10.5. The highest BCUT2D eigenvalue weighted by atomic mass is 35.5. The van der Waals surface area contributed by atoms with E-state index >= 15 is 0 Å². The van der Waals surface area contributed by atoms with Crippen molar-refractivity contribution in [3.05, 3.63) is 0 Å². The minimum Gasteiger partial charge on any atom is -0.345 e. The van der Waals surface area contributed by atoms with Gasteiger partial charge in [0.05, 0.1) is 0 Å². The molecule has 0 fully saturated rings. The van der Waals surface area contributed by atoms with Crippen LogP contribution in [0, 0.1) is 0 Å². The van der Waals surface area contributed by atoms with Crippen LogP contribution in [-0.4, -0.2) is 15.3 Å². The van der Waals surface area contributed by atoms with Crippen molar-refractivity contribution in [1.82, 2.24) is 0 Å². The highest BCUT2D eigenvalue weighted by molar-refractivity contribution is 7.41. The number of carbonyl (C=O) groups is 1. The number of rotatable bonds is 3. The lowest BCUT2D eigenvalue weighted by Gasteiger charge is -1.97. The molecular weight excluding hydrogens is 186 g/mol. The molecule has 0 spiro atoms. The lowest BCUT2D eigenvalue weighted by Crippen LogP contribution is -1.96. The maximum absolute atomic E-state index is 10.1. The number of alkyl halides is 1. The van der Waals surface area contributed by atoms with Gasteiger partial charge >= 0.3 is 0 Å². The second-order valence-corrected chi connectivity index (χ2v) is 4.05. The average molecular weight is 191 g/mol. The van der Waals surface area contributed by atoms with Gasteiger partial charge in [-0.15, -0.1) is 11.6 Å². The van der Waals surface area contributed by atoms with Crippen molar-refractivity contribution >= 4 is 36.5 Å². The molecule has 0 bridgehead atoms. The normalized spacial score (nSPS) is 16.8. The monoisotopic (exact) mass is 190 g/mol. The Balaban J connectivity index is 3.63. The zero-order valence-corrected chi connectivity index (χ0v) is 6.82. The second kappa shape index (κ2) is 4.29. The smallest absolute Gasteiger partial charge is 0.223 e. The molecule has 0 aliphatic heterocycles. The van der Waals surface area contributed by atoms with Crippen LogP contribution in [0.2, 0.25) is 0 Å². The maximum Gasteiger partial charge on any atom is 0.223 e. The Bertz CT molecular complexity index is 137. The van der Waals surface area contributed by atoms with Crippen LogP contribution < -0.4 is 0 Å². The topological polar surface area (TPSA) is 54.4 Å². The van der Waals surface area contributed by atoms with E-state index in [1.165, 1.54) is 0 Å². The van der Waals surface area contributed by atoms with E-state index < -0.39 is 18.4 Å². The summed E-state index contributed by atoms with van der Waals surface area (Å²) < 4.78 is 10.1. The Labute approximate surface area is 62.8 Å². The Kier molecular flexibility index (Phi) is 4.50. The molecule has 2 atom stereocenters. The zero-order chi connectivity index (χ0) is 7.44. The third-order valence-electron chi connectivity index (χ3n) is 0.608. The van der Waals surface area contributed by atoms with Gasteiger partial charge in [0.15, 0.2) is 0 Å². The Morgan fingerprint density at radius 2 is 2.22 bits per heavy atom. The zero-order valence-electron chi connectivity index (χ0n) is 4.30. The molecular formula is C3H5Cl2O3P. The predicted molar refractivity (Wildman–Crippen MR) is 36.3 cm³/mol. The van der Waals surface area contributed by atoms with Crippen molar-refractivity contribution in [3.8, 4) is 0 Å². The molecule has 0 aliphatic carbocycles. The van der Waals surface area contributed by atoms with Gasteiger partial charge in [0.1, 0.15) is 5.12 Å². The fourth-order valence-electron chi connectivity index (χ4n) is 0.228. The van der Waals surface area contributed by atoms with E-state index in [-0.39, 0.29) is 6.42 Å².